The summed E-state index contributed by atoms with van der Waals surface area (Å²) in [5, 5.41) is 4.92. The van der Waals surface area contributed by atoms with Crippen LogP contribution in [-0.2, 0) is 0 Å². The summed E-state index contributed by atoms with van der Waals surface area (Å²) in [5.74, 6) is -0.406. The van der Waals surface area contributed by atoms with Crippen LogP contribution in [0.25, 0.3) is 5.65 Å². The van der Waals surface area contributed by atoms with Gasteiger partial charge in [-0.2, -0.15) is 0 Å². The number of hydrogen-bond donors (Lipinski definition) is 1. The van der Waals surface area contributed by atoms with Gasteiger partial charge in [0.05, 0.1) is 6.04 Å². The van der Waals surface area contributed by atoms with E-state index in [1.807, 2.05) is 19.5 Å². The number of hydrogen-bond acceptors (Lipinski definition) is 5. The second-order valence-electron chi connectivity index (χ2n) is 6.06. The molecular weight excluding hydrogens is 336 g/mol. The summed E-state index contributed by atoms with van der Waals surface area (Å²) in [6, 6.07) is 7.38. The van der Waals surface area contributed by atoms with E-state index in [0.29, 0.717) is 12.2 Å². The van der Waals surface area contributed by atoms with Crippen LogP contribution < -0.4 is 10.9 Å². The van der Waals surface area contributed by atoms with Crippen LogP contribution in [0.15, 0.2) is 46.8 Å². The zero-order chi connectivity index (χ0) is 18.0. The summed E-state index contributed by atoms with van der Waals surface area (Å²) in [5.41, 5.74) is 1.40. The zero-order valence-electron chi connectivity index (χ0n) is 14.4. The molecule has 0 aliphatic carbocycles. The van der Waals surface area contributed by atoms with Gasteiger partial charge in [0.1, 0.15) is 11.2 Å². The van der Waals surface area contributed by atoms with Crippen LogP contribution in [0.3, 0.4) is 0 Å². The lowest BCUT2D eigenvalue weighted by atomic mass is 10.1. The summed E-state index contributed by atoms with van der Waals surface area (Å²) in [6.07, 6.45) is 2.95. The molecule has 0 bridgehead atoms. The van der Waals surface area contributed by atoms with Crippen LogP contribution >= 0.6 is 11.3 Å². The number of nitrogens with one attached hydrogen (secondary N) is 1. The van der Waals surface area contributed by atoms with Crippen molar-refractivity contribution in [1.29, 1.82) is 0 Å². The number of thiophene rings is 1. The number of aryl methyl sites for hydroxylation is 1. The van der Waals surface area contributed by atoms with E-state index in [0.717, 1.165) is 0 Å². The number of carbonyl (C=O) groups excluding carboxylic acids is 1. The van der Waals surface area contributed by atoms with Crippen LogP contribution in [0.1, 0.15) is 26.8 Å². The summed E-state index contributed by atoms with van der Waals surface area (Å²) in [4.78, 5) is 32.4. The molecule has 0 saturated carbocycles. The molecule has 0 fully saturated rings. The van der Waals surface area contributed by atoms with Crippen LogP contribution in [0.4, 0.5) is 0 Å². The first kappa shape index (κ1) is 17.3. The maximum Gasteiger partial charge on any atom is 0.270 e. The minimum atomic E-state index is -0.406. The number of aromatic nitrogens is 2. The summed E-state index contributed by atoms with van der Waals surface area (Å²) >= 11 is 1.67. The van der Waals surface area contributed by atoms with Gasteiger partial charge in [0.15, 0.2) is 0 Å². The average Bonchev–Trinajstić information content (AvgIpc) is 3.01. The molecule has 130 valence electrons. The minimum Gasteiger partial charge on any atom is -0.350 e. The van der Waals surface area contributed by atoms with E-state index >= 15 is 0 Å². The molecule has 0 radical (unpaired) electrons. The molecule has 25 heavy (non-hydrogen) atoms. The van der Waals surface area contributed by atoms with E-state index in [-0.39, 0.29) is 17.2 Å². The molecule has 0 aliphatic heterocycles. The molecule has 1 N–H and O–H groups in total. The number of pyridine rings is 1. The normalized spacial score (nSPS) is 12.5. The fourth-order valence-electron chi connectivity index (χ4n) is 2.70. The molecule has 0 aliphatic rings. The largest absolute Gasteiger partial charge is 0.350 e. The maximum atomic E-state index is 12.5. The Morgan fingerprint density at radius 2 is 2.16 bits per heavy atom. The van der Waals surface area contributed by atoms with Gasteiger partial charge in [-0.25, -0.2) is 4.98 Å². The van der Waals surface area contributed by atoms with E-state index in [1.165, 1.54) is 21.0 Å². The van der Waals surface area contributed by atoms with Gasteiger partial charge in [-0.1, -0.05) is 6.07 Å². The van der Waals surface area contributed by atoms with E-state index in [1.54, 1.807) is 35.7 Å². The second kappa shape index (κ2) is 7.16. The third-order valence-electron chi connectivity index (χ3n) is 4.14. The smallest absolute Gasteiger partial charge is 0.270 e. The van der Waals surface area contributed by atoms with Crippen molar-refractivity contribution in [2.24, 2.45) is 0 Å². The zero-order valence-corrected chi connectivity index (χ0v) is 15.2. The van der Waals surface area contributed by atoms with Gasteiger partial charge in [-0.3, -0.25) is 14.0 Å². The highest BCUT2D eigenvalue weighted by Gasteiger charge is 2.20. The van der Waals surface area contributed by atoms with Gasteiger partial charge in [-0.15, -0.1) is 11.3 Å². The van der Waals surface area contributed by atoms with Gasteiger partial charge in [0, 0.05) is 23.8 Å². The fraction of sp³-hybridized carbons (Fsp3) is 0.278. The van der Waals surface area contributed by atoms with Crippen LogP contribution in [0.5, 0.6) is 0 Å². The highest BCUT2D eigenvalue weighted by atomic mass is 32.1. The molecule has 3 heterocycles. The number of rotatable bonds is 5. The van der Waals surface area contributed by atoms with Gasteiger partial charge in [0.2, 0.25) is 0 Å². The average molecular weight is 356 g/mol. The molecule has 1 amide bonds. The Kier molecular flexibility index (Phi) is 4.96. The highest BCUT2D eigenvalue weighted by molar-refractivity contribution is 7.10. The maximum absolute atomic E-state index is 12.5. The molecular formula is C18H20N4O2S. The SMILES string of the molecule is Cc1ccsc1[C@H](CNC(=O)c1cnc2ccccn2c1=O)N(C)C. The van der Waals surface area contributed by atoms with E-state index in [2.05, 4.69) is 28.2 Å². The molecule has 0 aromatic carbocycles. The van der Waals surface area contributed by atoms with E-state index in [4.69, 9.17) is 0 Å². The quantitative estimate of drug-likeness (QED) is 0.760. The Hall–Kier alpha value is -2.51. The first-order valence-corrected chi connectivity index (χ1v) is 8.82. The van der Waals surface area contributed by atoms with Gasteiger partial charge in [-0.05, 0) is 50.2 Å². The van der Waals surface area contributed by atoms with Crippen LogP contribution in [0, 0.1) is 6.92 Å². The lowest BCUT2D eigenvalue weighted by Crippen LogP contribution is -2.37. The summed E-state index contributed by atoms with van der Waals surface area (Å²) in [6.45, 7) is 2.48. The Morgan fingerprint density at radius 1 is 1.36 bits per heavy atom. The number of nitrogens with zero attached hydrogens (tertiary/aromatic N) is 3. The predicted octanol–water partition coefficient (Wildman–Crippen LogP) is 2.10. The van der Waals surface area contributed by atoms with Crippen molar-refractivity contribution < 1.29 is 4.79 Å². The van der Waals surface area contributed by atoms with Crippen LogP contribution in [-0.4, -0.2) is 40.8 Å². The molecule has 3 rings (SSSR count). The van der Waals surface area contributed by atoms with Crippen molar-refractivity contribution >= 4 is 22.9 Å². The van der Waals surface area contributed by atoms with Crippen molar-refractivity contribution in [3.63, 3.8) is 0 Å². The number of amides is 1. The fourth-order valence-corrected chi connectivity index (χ4v) is 3.83. The topological polar surface area (TPSA) is 66.7 Å². The Labute approximate surface area is 149 Å². The molecule has 0 saturated heterocycles. The third kappa shape index (κ3) is 3.47. The number of carbonyl (C=O) groups is 1. The Bertz CT molecular complexity index is 961. The Balaban J connectivity index is 1.81. The van der Waals surface area contributed by atoms with E-state index in [9.17, 15) is 9.59 Å². The Morgan fingerprint density at radius 3 is 2.84 bits per heavy atom. The van der Waals surface area contributed by atoms with Crippen molar-refractivity contribution in [1.82, 2.24) is 19.6 Å². The third-order valence-corrected chi connectivity index (χ3v) is 5.26. The number of fused-ring (bicyclic) bond motifs is 1. The van der Waals surface area contributed by atoms with Crippen molar-refractivity contribution in [2.45, 2.75) is 13.0 Å². The lowest BCUT2D eigenvalue weighted by Gasteiger charge is -2.24. The lowest BCUT2D eigenvalue weighted by molar-refractivity contribution is 0.0940. The standard InChI is InChI=1S/C18H20N4O2S/c1-12-7-9-25-16(12)14(21(2)3)11-20-17(23)13-10-19-15-6-4-5-8-22(15)18(13)24/h4-10,14H,11H2,1-3H3,(H,20,23)/t14-/m0/s1. The van der Waals surface area contributed by atoms with Crippen LogP contribution in [0.2, 0.25) is 0 Å². The van der Waals surface area contributed by atoms with E-state index < -0.39 is 5.91 Å². The molecule has 7 heteroatoms. The highest BCUT2D eigenvalue weighted by Crippen LogP contribution is 2.26. The molecule has 0 unspecified atom stereocenters. The van der Waals surface area contributed by atoms with Crippen molar-refractivity contribution in [3.8, 4) is 0 Å². The molecule has 3 aromatic heterocycles. The molecule has 6 nitrogen and oxygen atoms in total. The molecule has 1 atom stereocenters. The predicted molar refractivity (Wildman–Crippen MR) is 99.3 cm³/mol. The summed E-state index contributed by atoms with van der Waals surface area (Å²) < 4.78 is 1.38. The second-order valence-corrected chi connectivity index (χ2v) is 7.01. The first-order valence-electron chi connectivity index (χ1n) is 7.94. The summed E-state index contributed by atoms with van der Waals surface area (Å²) in [7, 11) is 3.95. The van der Waals surface area contributed by atoms with Gasteiger partial charge < -0.3 is 10.2 Å². The van der Waals surface area contributed by atoms with Gasteiger partial charge >= 0.3 is 0 Å². The molecule has 0 spiro atoms. The molecule has 3 aromatic rings. The first-order chi connectivity index (χ1) is 12.0. The monoisotopic (exact) mass is 356 g/mol. The number of likely N-dealkylation sites (N-methyl/N-ethyl adjacent to an activating group) is 1. The van der Waals surface area contributed by atoms with Gasteiger partial charge in [0.25, 0.3) is 11.5 Å². The minimum absolute atomic E-state index is 0.0455. The van der Waals surface area contributed by atoms with Crippen molar-refractivity contribution in [3.05, 3.63) is 68.4 Å². The van der Waals surface area contributed by atoms with Crippen molar-refractivity contribution in [2.75, 3.05) is 20.6 Å².